The summed E-state index contributed by atoms with van der Waals surface area (Å²) in [5.41, 5.74) is 0.704. The number of hydrogen-bond acceptors (Lipinski definition) is 8. The van der Waals surface area contributed by atoms with Crippen molar-refractivity contribution >= 4 is 29.3 Å². The van der Waals surface area contributed by atoms with Crippen LogP contribution in [0.3, 0.4) is 0 Å². The molecule has 10 heteroatoms. The Morgan fingerprint density at radius 2 is 1.61 bits per heavy atom. The molecule has 1 aromatic rings. The van der Waals surface area contributed by atoms with Crippen LogP contribution in [-0.4, -0.2) is 88.7 Å². The number of aliphatic carboxylic acids is 1. The number of pyridine rings is 1. The number of esters is 1. The van der Waals surface area contributed by atoms with Gasteiger partial charge in [0.2, 0.25) is 0 Å². The second-order valence-electron chi connectivity index (χ2n) is 22.6. The van der Waals surface area contributed by atoms with Crippen molar-refractivity contribution in [2.45, 2.75) is 159 Å². The number of carbonyl (C=O) groups is 3. The summed E-state index contributed by atoms with van der Waals surface area (Å²) in [6.07, 6.45) is 8.48. The summed E-state index contributed by atoms with van der Waals surface area (Å²) in [4.78, 5) is 48.8. The molecule has 4 fully saturated rings. The molecule has 6 rings (SSSR count). The minimum absolute atomic E-state index is 0.0132. The second-order valence-corrected chi connectivity index (χ2v) is 23.0. The summed E-state index contributed by atoms with van der Waals surface area (Å²) < 4.78 is 6.21. The van der Waals surface area contributed by atoms with Gasteiger partial charge in [-0.15, -0.1) is 0 Å². The molecule has 0 radical (unpaired) electrons. The number of carboxylic acid groups (broad SMARTS) is 1. The number of nitrogens with zero attached hydrogens (tertiary/aromatic N) is 3. The van der Waals surface area contributed by atoms with Gasteiger partial charge in [0.25, 0.3) is 0 Å². The molecular formula is C49H76ClN3O6. The van der Waals surface area contributed by atoms with Crippen molar-refractivity contribution in [3.8, 4) is 0 Å². The zero-order valence-electron chi connectivity index (χ0n) is 38.6. The highest BCUT2D eigenvalue weighted by Gasteiger charge is 2.74. The van der Waals surface area contributed by atoms with Crippen molar-refractivity contribution < 1.29 is 29.3 Å². The molecule has 0 aromatic carbocycles. The standard InChI is InChI=1S/C49H76ClN3O6/c1-30(2)40-34(54)26-49(37(55)29-53(25-24-52(12)13)31(3)33-15-14-32(50)28-51-33)23-22-48(11)46(9)20-16-35-44(6,7)38(59-39(56)27-43(4,5)42(57)58)18-19-45(35,8)36(46)17-21-47(48,10)41(40)49/h14-15,28,30-31,35-38,55H,16-27,29H2,1-13H3,(H,57,58)/t31-,35-,36+,37+,38-,45-,46+,47+,48-,49-/m0/s1. The van der Waals surface area contributed by atoms with Crippen LogP contribution in [0, 0.1) is 55.7 Å². The van der Waals surface area contributed by atoms with Crippen molar-refractivity contribution in [3.63, 3.8) is 0 Å². The number of allylic oxidation sites excluding steroid dienone is 1. The Morgan fingerprint density at radius 1 is 0.949 bits per heavy atom. The molecule has 330 valence electrons. The molecule has 0 aliphatic heterocycles. The molecule has 2 N–H and O–H groups in total. The number of carboxylic acids is 1. The van der Waals surface area contributed by atoms with Crippen LogP contribution in [0.25, 0.3) is 0 Å². The lowest BCUT2D eigenvalue weighted by Crippen LogP contribution is -2.69. The molecule has 0 bridgehead atoms. The molecule has 0 unspecified atom stereocenters. The van der Waals surface area contributed by atoms with Gasteiger partial charge in [-0.1, -0.05) is 67.0 Å². The summed E-state index contributed by atoms with van der Waals surface area (Å²) in [7, 11) is 4.15. The molecule has 5 aliphatic carbocycles. The normalized spacial score (nSPS) is 36.5. The number of aliphatic hydroxyl groups is 1. The third-order valence-corrected chi connectivity index (χ3v) is 18.4. The zero-order valence-corrected chi connectivity index (χ0v) is 39.4. The molecule has 0 saturated heterocycles. The number of ether oxygens (including phenoxy) is 1. The Morgan fingerprint density at radius 3 is 2.20 bits per heavy atom. The molecule has 59 heavy (non-hydrogen) atoms. The third-order valence-electron chi connectivity index (χ3n) is 18.2. The van der Waals surface area contributed by atoms with Crippen molar-refractivity contribution in [1.29, 1.82) is 0 Å². The number of carbonyl (C=O) groups excluding carboxylic acids is 2. The molecule has 0 spiro atoms. The Kier molecular flexibility index (Phi) is 12.4. The van der Waals surface area contributed by atoms with E-state index in [-0.39, 0.29) is 57.3 Å². The Bertz CT molecular complexity index is 1820. The highest BCUT2D eigenvalue weighted by atomic mass is 35.5. The van der Waals surface area contributed by atoms with Gasteiger partial charge in [0.15, 0.2) is 5.78 Å². The number of hydrogen-bond donors (Lipinski definition) is 2. The van der Waals surface area contributed by atoms with Crippen LogP contribution < -0.4 is 0 Å². The highest BCUT2D eigenvalue weighted by molar-refractivity contribution is 6.30. The van der Waals surface area contributed by atoms with Crippen LogP contribution in [-0.2, 0) is 19.1 Å². The first kappa shape index (κ1) is 46.2. The number of rotatable bonds is 13. The van der Waals surface area contributed by atoms with Crippen LogP contribution in [0.15, 0.2) is 29.5 Å². The first-order chi connectivity index (χ1) is 27.2. The van der Waals surface area contributed by atoms with Crippen molar-refractivity contribution in [2.24, 2.45) is 55.7 Å². The molecule has 10 atom stereocenters. The zero-order chi connectivity index (χ0) is 43.9. The van der Waals surface area contributed by atoms with Gasteiger partial charge in [-0.3, -0.25) is 24.3 Å². The molecule has 9 nitrogen and oxygen atoms in total. The van der Waals surface area contributed by atoms with Crippen LogP contribution in [0.1, 0.15) is 152 Å². The monoisotopic (exact) mass is 838 g/mol. The van der Waals surface area contributed by atoms with Gasteiger partial charge in [0, 0.05) is 49.1 Å². The largest absolute Gasteiger partial charge is 0.481 e. The van der Waals surface area contributed by atoms with Gasteiger partial charge < -0.3 is 19.8 Å². The van der Waals surface area contributed by atoms with Crippen LogP contribution in [0.4, 0.5) is 0 Å². The number of aromatic nitrogens is 1. The third kappa shape index (κ3) is 7.35. The number of aliphatic hydroxyl groups excluding tert-OH is 1. The maximum absolute atomic E-state index is 14.5. The van der Waals surface area contributed by atoms with E-state index in [4.69, 9.17) is 16.3 Å². The fourth-order valence-electron chi connectivity index (χ4n) is 14.4. The topological polar surface area (TPSA) is 120 Å². The van der Waals surface area contributed by atoms with E-state index in [1.54, 1.807) is 20.0 Å². The van der Waals surface area contributed by atoms with E-state index >= 15 is 0 Å². The van der Waals surface area contributed by atoms with E-state index in [2.05, 4.69) is 91.2 Å². The quantitative estimate of drug-likeness (QED) is 0.187. The second kappa shape index (κ2) is 15.8. The van der Waals surface area contributed by atoms with Crippen molar-refractivity contribution in [2.75, 3.05) is 33.7 Å². The molecule has 0 amide bonds. The highest BCUT2D eigenvalue weighted by Crippen LogP contribution is 2.80. The number of Topliss-reactive ketones (excluding diaryl/α,β-unsaturated/α-hetero) is 1. The molecule has 4 saturated carbocycles. The molecule has 5 aliphatic rings. The summed E-state index contributed by atoms with van der Waals surface area (Å²) >= 11 is 6.24. The number of fused-ring (bicyclic) bond motifs is 7. The van der Waals surface area contributed by atoms with E-state index in [0.29, 0.717) is 29.8 Å². The van der Waals surface area contributed by atoms with Gasteiger partial charge in [0.1, 0.15) is 6.10 Å². The maximum atomic E-state index is 14.5. The van der Waals surface area contributed by atoms with Crippen LogP contribution >= 0.6 is 11.6 Å². The lowest BCUT2D eigenvalue weighted by molar-refractivity contribution is -0.252. The molecule has 1 aromatic heterocycles. The molecular weight excluding hydrogens is 762 g/mol. The van der Waals surface area contributed by atoms with Gasteiger partial charge in [-0.05, 0) is 149 Å². The van der Waals surface area contributed by atoms with Crippen molar-refractivity contribution in [1.82, 2.24) is 14.8 Å². The maximum Gasteiger partial charge on any atom is 0.309 e. The van der Waals surface area contributed by atoms with E-state index in [1.165, 1.54) is 5.57 Å². The van der Waals surface area contributed by atoms with E-state index < -0.39 is 28.9 Å². The van der Waals surface area contributed by atoms with Gasteiger partial charge in [-0.2, -0.15) is 0 Å². The van der Waals surface area contributed by atoms with Gasteiger partial charge in [-0.25, -0.2) is 0 Å². The van der Waals surface area contributed by atoms with Crippen LogP contribution in [0.2, 0.25) is 5.02 Å². The fourth-order valence-corrected chi connectivity index (χ4v) is 14.6. The summed E-state index contributed by atoms with van der Waals surface area (Å²) in [6.45, 7) is 26.4. The number of ketones is 1. The summed E-state index contributed by atoms with van der Waals surface area (Å²) in [6, 6.07) is 3.81. The predicted octanol–water partition coefficient (Wildman–Crippen LogP) is 9.80. The molecule has 1 heterocycles. The minimum atomic E-state index is -1.18. The lowest BCUT2D eigenvalue weighted by Gasteiger charge is -2.75. The first-order valence-electron chi connectivity index (χ1n) is 22.6. The predicted molar refractivity (Wildman–Crippen MR) is 234 cm³/mol. The van der Waals surface area contributed by atoms with Gasteiger partial charge >= 0.3 is 11.9 Å². The number of halogens is 1. The lowest BCUT2D eigenvalue weighted by atomic mass is 9.29. The van der Waals surface area contributed by atoms with E-state index in [9.17, 15) is 24.6 Å². The van der Waals surface area contributed by atoms with Crippen LogP contribution in [0.5, 0.6) is 0 Å². The summed E-state index contributed by atoms with van der Waals surface area (Å²) in [5.74, 6) is -0.354. The minimum Gasteiger partial charge on any atom is -0.481 e. The number of likely N-dealkylation sites (N-methyl/N-ethyl adjacent to an activating group) is 1. The average molecular weight is 839 g/mol. The Balaban J connectivity index is 1.33. The smallest absolute Gasteiger partial charge is 0.309 e. The Hall–Kier alpha value is -2.33. The Labute approximate surface area is 360 Å². The first-order valence-corrected chi connectivity index (χ1v) is 23.0. The average Bonchev–Trinajstić information content (AvgIpc) is 3.46. The van der Waals surface area contributed by atoms with E-state index in [0.717, 1.165) is 75.7 Å². The fraction of sp³-hybridized carbons (Fsp3) is 0.796. The van der Waals surface area contributed by atoms with Crippen molar-refractivity contribution in [3.05, 3.63) is 40.2 Å². The van der Waals surface area contributed by atoms with Gasteiger partial charge in [0.05, 0.1) is 28.7 Å². The van der Waals surface area contributed by atoms with E-state index in [1.807, 2.05) is 12.1 Å². The summed E-state index contributed by atoms with van der Waals surface area (Å²) in [5, 5.41) is 23.2. The SMILES string of the molecule is CC(C)C1=C2[C@@]([C@H](O)CN(CCN(C)C)[C@@H](C)c3ccc(Cl)cn3)(CC[C@]3(C)[C@]2(C)CC[C@@H]2[C@@]4(C)CC[C@H](OC(=O)CC(C)(C)C(=O)O)C(C)(C)[C@@H]4CC[C@]23C)CC1=O.